The van der Waals surface area contributed by atoms with Gasteiger partial charge in [0.15, 0.2) is 0 Å². The lowest BCUT2D eigenvalue weighted by atomic mass is 9.62. The van der Waals surface area contributed by atoms with Crippen LogP contribution in [0.1, 0.15) is 60.5 Å². The lowest BCUT2D eigenvalue weighted by Gasteiger charge is -2.51. The molecule has 2 aromatic carbocycles. The zero-order valence-electron chi connectivity index (χ0n) is 22.5. The average Bonchev–Trinajstić information content (AvgIpc) is 2.89. The van der Waals surface area contributed by atoms with Gasteiger partial charge in [0, 0.05) is 39.0 Å². The summed E-state index contributed by atoms with van der Waals surface area (Å²) in [5.41, 5.74) is -1.49. The van der Waals surface area contributed by atoms with Gasteiger partial charge in [-0.2, -0.15) is 13.2 Å². The van der Waals surface area contributed by atoms with Gasteiger partial charge in [0.25, 0.3) is 5.91 Å². The van der Waals surface area contributed by atoms with Gasteiger partial charge in [-0.1, -0.05) is 26.0 Å². The maximum atomic E-state index is 14.3. The van der Waals surface area contributed by atoms with Crippen LogP contribution in [-0.4, -0.2) is 60.2 Å². The fraction of sp³-hybridized carbons (Fsp3) is 0.483. The van der Waals surface area contributed by atoms with Crippen molar-refractivity contribution in [3.05, 3.63) is 70.8 Å². The van der Waals surface area contributed by atoms with Gasteiger partial charge in [-0.25, -0.2) is 8.78 Å². The van der Waals surface area contributed by atoms with E-state index in [4.69, 9.17) is 0 Å². The molecule has 2 aliphatic heterocycles. The van der Waals surface area contributed by atoms with Gasteiger partial charge in [-0.05, 0) is 60.1 Å². The molecule has 4 rings (SSSR count). The zero-order valence-corrected chi connectivity index (χ0v) is 22.5. The molecule has 2 aliphatic rings. The van der Waals surface area contributed by atoms with Crippen molar-refractivity contribution in [2.45, 2.75) is 51.2 Å². The first-order valence-corrected chi connectivity index (χ1v) is 13.2. The number of nitrogens with zero attached hydrogens (tertiary/aromatic N) is 2. The van der Waals surface area contributed by atoms with Crippen molar-refractivity contribution >= 4 is 17.7 Å². The molecule has 0 aliphatic carbocycles. The highest BCUT2D eigenvalue weighted by Gasteiger charge is 2.49. The van der Waals surface area contributed by atoms with Crippen LogP contribution in [0, 0.1) is 23.0 Å². The fourth-order valence-corrected chi connectivity index (χ4v) is 5.79. The molecule has 2 unspecified atom stereocenters. The van der Waals surface area contributed by atoms with Crippen LogP contribution in [-0.2, 0) is 15.8 Å². The van der Waals surface area contributed by atoms with E-state index in [9.17, 15) is 36.3 Å². The molecule has 216 valence electrons. The molecule has 6 nitrogen and oxygen atoms in total. The number of carbonyl (C=O) groups excluding carboxylic acids is 3. The number of amides is 3. The summed E-state index contributed by atoms with van der Waals surface area (Å²) in [5.74, 6) is -3.52. The SMILES string of the molecule is CC(C)C(NC(=O)c1cc(C(F)(F)F)ccc1F)C(=O)N1CCC2(CC1)CC(=O)N(C)CC2c1ccc(F)cc1. The van der Waals surface area contributed by atoms with Gasteiger partial charge < -0.3 is 15.1 Å². The molecule has 2 aromatic rings. The summed E-state index contributed by atoms with van der Waals surface area (Å²) in [6.45, 7) is 4.41. The van der Waals surface area contributed by atoms with Gasteiger partial charge in [-0.3, -0.25) is 14.4 Å². The Morgan fingerprint density at radius 3 is 2.23 bits per heavy atom. The lowest BCUT2D eigenvalue weighted by molar-refractivity contribution is -0.143. The Kier molecular flexibility index (Phi) is 8.23. The minimum Gasteiger partial charge on any atom is -0.345 e. The van der Waals surface area contributed by atoms with E-state index in [2.05, 4.69) is 5.32 Å². The van der Waals surface area contributed by atoms with Crippen molar-refractivity contribution in [3.63, 3.8) is 0 Å². The summed E-state index contributed by atoms with van der Waals surface area (Å²) in [6, 6.07) is 6.69. The van der Waals surface area contributed by atoms with Crippen molar-refractivity contribution in [3.8, 4) is 0 Å². The summed E-state index contributed by atoms with van der Waals surface area (Å²) in [4.78, 5) is 42.3. The number of piperidine rings is 2. The van der Waals surface area contributed by atoms with Gasteiger partial charge in [0.2, 0.25) is 11.8 Å². The van der Waals surface area contributed by atoms with E-state index in [0.717, 1.165) is 5.56 Å². The van der Waals surface area contributed by atoms with E-state index in [0.29, 0.717) is 50.7 Å². The molecular formula is C29H32F5N3O3. The Balaban J connectivity index is 1.50. The number of nitrogens with one attached hydrogen (secondary N) is 1. The van der Waals surface area contributed by atoms with Gasteiger partial charge in [0.05, 0.1) is 11.1 Å². The monoisotopic (exact) mass is 565 g/mol. The number of hydrogen-bond donors (Lipinski definition) is 1. The molecular weight excluding hydrogens is 533 g/mol. The minimum atomic E-state index is -4.76. The van der Waals surface area contributed by atoms with Crippen LogP contribution in [0.3, 0.4) is 0 Å². The number of likely N-dealkylation sites (N-methyl/N-ethyl adjacent to an activating group) is 1. The van der Waals surface area contributed by atoms with E-state index in [1.807, 2.05) is 0 Å². The van der Waals surface area contributed by atoms with Crippen molar-refractivity contribution < 1.29 is 36.3 Å². The molecule has 3 amide bonds. The van der Waals surface area contributed by atoms with E-state index in [-0.39, 0.29) is 24.1 Å². The normalized spacial score (nSPS) is 20.1. The van der Waals surface area contributed by atoms with E-state index < -0.39 is 52.3 Å². The van der Waals surface area contributed by atoms with Crippen molar-refractivity contribution in [1.29, 1.82) is 0 Å². The maximum Gasteiger partial charge on any atom is 0.416 e. The molecule has 40 heavy (non-hydrogen) atoms. The number of likely N-dealkylation sites (tertiary alicyclic amines) is 2. The second-order valence-electron chi connectivity index (χ2n) is 11.1. The molecule has 1 N–H and O–H groups in total. The average molecular weight is 566 g/mol. The molecule has 0 saturated carbocycles. The smallest absolute Gasteiger partial charge is 0.345 e. The molecule has 11 heteroatoms. The maximum absolute atomic E-state index is 14.3. The summed E-state index contributed by atoms with van der Waals surface area (Å²) < 4.78 is 67.3. The van der Waals surface area contributed by atoms with E-state index >= 15 is 0 Å². The van der Waals surface area contributed by atoms with Crippen molar-refractivity contribution in [2.24, 2.45) is 11.3 Å². The van der Waals surface area contributed by atoms with Gasteiger partial charge in [-0.15, -0.1) is 0 Å². The third-order valence-electron chi connectivity index (χ3n) is 8.23. The fourth-order valence-electron chi connectivity index (χ4n) is 5.79. The Morgan fingerprint density at radius 2 is 1.65 bits per heavy atom. The quantitative estimate of drug-likeness (QED) is 0.520. The number of benzene rings is 2. The van der Waals surface area contributed by atoms with Crippen LogP contribution < -0.4 is 5.32 Å². The first-order chi connectivity index (χ1) is 18.7. The van der Waals surface area contributed by atoms with Crippen LogP contribution in [0.5, 0.6) is 0 Å². The molecule has 0 bridgehead atoms. The first kappa shape index (κ1) is 29.5. The minimum absolute atomic E-state index is 0.00595. The number of halogens is 5. The Labute approximate surface area is 229 Å². The molecule has 2 saturated heterocycles. The van der Waals surface area contributed by atoms with E-state index in [1.54, 1.807) is 42.8 Å². The molecule has 1 spiro atoms. The summed E-state index contributed by atoms with van der Waals surface area (Å²) in [5, 5.41) is 2.44. The van der Waals surface area contributed by atoms with Crippen LogP contribution >= 0.6 is 0 Å². The highest BCUT2D eigenvalue weighted by atomic mass is 19.4. The van der Waals surface area contributed by atoms with Crippen LogP contribution in [0.15, 0.2) is 42.5 Å². The predicted octanol–water partition coefficient (Wildman–Crippen LogP) is 4.99. The highest BCUT2D eigenvalue weighted by molar-refractivity contribution is 5.98. The Hall–Kier alpha value is -3.50. The molecule has 2 atom stereocenters. The first-order valence-electron chi connectivity index (χ1n) is 13.2. The summed E-state index contributed by atoms with van der Waals surface area (Å²) in [7, 11) is 1.73. The topological polar surface area (TPSA) is 69.7 Å². The highest BCUT2D eigenvalue weighted by Crippen LogP contribution is 2.50. The third kappa shape index (κ3) is 5.97. The van der Waals surface area contributed by atoms with Crippen LogP contribution in [0.4, 0.5) is 22.0 Å². The predicted molar refractivity (Wildman–Crippen MR) is 137 cm³/mol. The summed E-state index contributed by atoms with van der Waals surface area (Å²) >= 11 is 0. The third-order valence-corrected chi connectivity index (χ3v) is 8.23. The Bertz CT molecular complexity index is 1270. The van der Waals surface area contributed by atoms with Gasteiger partial charge in [0.1, 0.15) is 17.7 Å². The number of alkyl halides is 3. The van der Waals surface area contributed by atoms with Gasteiger partial charge >= 0.3 is 6.18 Å². The zero-order chi connectivity index (χ0) is 29.4. The standard InChI is InChI=1S/C29H32F5N3O3/c1-17(2)25(35-26(39)21-14-19(29(32,33)34)6-9-23(21)31)27(40)37-12-10-28(11-13-37)15-24(38)36(3)16-22(28)18-4-7-20(30)8-5-18/h4-9,14,17,22,25H,10-13,15-16H2,1-3H3,(H,35,39). The largest absolute Gasteiger partial charge is 0.416 e. The van der Waals surface area contributed by atoms with Crippen LogP contribution in [0.2, 0.25) is 0 Å². The second-order valence-corrected chi connectivity index (χ2v) is 11.1. The summed E-state index contributed by atoms with van der Waals surface area (Å²) in [6.07, 6.45) is -3.48. The lowest BCUT2D eigenvalue weighted by Crippen LogP contribution is -2.57. The number of hydrogen-bond acceptors (Lipinski definition) is 3. The second kappa shape index (κ2) is 11.2. The molecule has 2 heterocycles. The molecule has 2 fully saturated rings. The number of rotatable bonds is 5. The van der Waals surface area contributed by atoms with Crippen molar-refractivity contribution in [2.75, 3.05) is 26.7 Å². The molecule has 0 radical (unpaired) electrons. The molecule has 0 aromatic heterocycles. The Morgan fingerprint density at radius 1 is 1.02 bits per heavy atom. The number of carbonyl (C=O) groups is 3. The van der Waals surface area contributed by atoms with Crippen LogP contribution in [0.25, 0.3) is 0 Å². The van der Waals surface area contributed by atoms with E-state index in [1.165, 1.54) is 12.1 Å². The van der Waals surface area contributed by atoms with Crippen molar-refractivity contribution in [1.82, 2.24) is 15.1 Å².